The Kier molecular flexibility index (Phi) is 4.71. The lowest BCUT2D eigenvalue weighted by Gasteiger charge is -2.43. The molecule has 1 atom stereocenters. The van der Waals surface area contributed by atoms with Gasteiger partial charge in [-0.05, 0) is 88.2 Å². The Labute approximate surface area is 222 Å². The van der Waals surface area contributed by atoms with Crippen molar-refractivity contribution in [3.8, 4) is 0 Å². The highest BCUT2D eigenvalue weighted by molar-refractivity contribution is 6.07. The summed E-state index contributed by atoms with van der Waals surface area (Å²) in [4.78, 5) is 14.7. The lowest BCUT2D eigenvalue weighted by molar-refractivity contribution is 0.447. The van der Waals surface area contributed by atoms with Crippen LogP contribution in [-0.2, 0) is 12.6 Å². The van der Waals surface area contributed by atoms with E-state index in [0.29, 0.717) is 5.71 Å². The van der Waals surface area contributed by atoms with Gasteiger partial charge in [-0.1, -0.05) is 30.3 Å². The molecule has 1 aliphatic heterocycles. The first-order valence-electron chi connectivity index (χ1n) is 13.2. The second kappa shape index (κ2) is 7.84. The van der Waals surface area contributed by atoms with Gasteiger partial charge < -0.3 is 13.9 Å². The minimum atomic E-state index is -0.375. The fourth-order valence-corrected chi connectivity index (χ4v) is 6.64. The van der Waals surface area contributed by atoms with Crippen LogP contribution in [0.4, 0.5) is 17.3 Å². The lowest BCUT2D eigenvalue weighted by Crippen LogP contribution is -2.50. The maximum absolute atomic E-state index is 6.27. The van der Waals surface area contributed by atoms with Crippen molar-refractivity contribution in [2.45, 2.75) is 46.3 Å². The van der Waals surface area contributed by atoms with Gasteiger partial charge >= 0.3 is 0 Å². The highest BCUT2D eigenvalue weighted by Crippen LogP contribution is 2.51. The number of aromatic nitrogens is 3. The molecular formula is C32H31N5O. The van der Waals surface area contributed by atoms with Crippen LogP contribution in [-0.4, -0.2) is 20.7 Å². The quantitative estimate of drug-likeness (QED) is 0.248. The normalized spacial score (nSPS) is 15.8. The molecule has 0 N–H and O–H groups in total. The van der Waals surface area contributed by atoms with Crippen molar-refractivity contribution in [3.63, 3.8) is 0 Å². The number of benzene rings is 3. The van der Waals surface area contributed by atoms with Gasteiger partial charge in [-0.2, -0.15) is 0 Å². The summed E-state index contributed by atoms with van der Waals surface area (Å²) in [5.41, 5.74) is 9.11. The lowest BCUT2D eigenvalue weighted by atomic mass is 9.84. The Balaban J connectivity index is 1.45. The summed E-state index contributed by atoms with van der Waals surface area (Å²) in [5.74, 6) is 0.938. The number of anilines is 3. The zero-order valence-corrected chi connectivity index (χ0v) is 22.6. The van der Waals surface area contributed by atoms with Crippen molar-refractivity contribution in [1.82, 2.24) is 14.5 Å². The van der Waals surface area contributed by atoms with E-state index < -0.39 is 0 Å². The first-order valence-corrected chi connectivity index (χ1v) is 13.2. The van der Waals surface area contributed by atoms with E-state index in [1.807, 2.05) is 13.0 Å². The van der Waals surface area contributed by atoms with Gasteiger partial charge in [0.2, 0.25) is 11.7 Å². The van der Waals surface area contributed by atoms with Crippen LogP contribution < -0.4 is 9.80 Å². The molecule has 0 bridgehead atoms. The number of hydrogen-bond acceptors (Lipinski definition) is 5. The topological polar surface area (TPSA) is 50.3 Å². The van der Waals surface area contributed by atoms with Crippen molar-refractivity contribution >= 4 is 50.4 Å². The third kappa shape index (κ3) is 3.00. The fraction of sp³-hybridized carbons (Fsp3) is 0.250. The van der Waals surface area contributed by atoms with E-state index in [9.17, 15) is 0 Å². The maximum atomic E-state index is 6.27. The summed E-state index contributed by atoms with van der Waals surface area (Å²) in [5, 5.41) is 2.20. The Hall–Kier alpha value is -4.32. The Morgan fingerprint density at radius 2 is 1.58 bits per heavy atom. The number of imidazole rings is 1. The number of para-hydroxylation sites is 4. The average molecular weight is 502 g/mol. The van der Waals surface area contributed by atoms with Gasteiger partial charge in [-0.25, -0.2) is 9.97 Å². The van der Waals surface area contributed by atoms with E-state index in [1.165, 1.54) is 16.8 Å². The van der Waals surface area contributed by atoms with Crippen LogP contribution in [0.2, 0.25) is 0 Å². The highest BCUT2D eigenvalue weighted by atomic mass is 16.3. The number of fused-ring (bicyclic) bond motifs is 5. The van der Waals surface area contributed by atoms with Crippen molar-refractivity contribution in [1.29, 1.82) is 0 Å². The monoisotopic (exact) mass is 501 g/mol. The molecule has 38 heavy (non-hydrogen) atoms. The van der Waals surface area contributed by atoms with Gasteiger partial charge in [0, 0.05) is 23.5 Å². The summed E-state index contributed by atoms with van der Waals surface area (Å²) < 4.78 is 8.47. The van der Waals surface area contributed by atoms with E-state index in [-0.39, 0.29) is 11.7 Å². The van der Waals surface area contributed by atoms with Crippen molar-refractivity contribution in [2.24, 2.45) is 7.05 Å². The van der Waals surface area contributed by atoms with Crippen LogP contribution in [0.25, 0.3) is 33.1 Å². The molecule has 0 saturated carbocycles. The van der Waals surface area contributed by atoms with Crippen molar-refractivity contribution in [3.05, 3.63) is 89.6 Å². The summed E-state index contributed by atoms with van der Waals surface area (Å²) in [6.45, 7) is 11.1. The molecule has 1 aliphatic rings. The maximum Gasteiger partial charge on any atom is 0.227 e. The third-order valence-corrected chi connectivity index (χ3v) is 8.19. The second-order valence-electron chi connectivity index (χ2n) is 10.9. The predicted octanol–water partition coefficient (Wildman–Crippen LogP) is 7.72. The first-order chi connectivity index (χ1) is 18.3. The number of aryl methyl sites for hydroxylation is 3. The molecule has 0 amide bonds. The average Bonchev–Trinajstić information content (AvgIpc) is 3.52. The van der Waals surface area contributed by atoms with Crippen LogP contribution in [0.5, 0.6) is 0 Å². The molecule has 4 heterocycles. The van der Waals surface area contributed by atoms with Gasteiger partial charge in [0.1, 0.15) is 11.7 Å². The Morgan fingerprint density at radius 1 is 0.842 bits per heavy atom. The van der Waals surface area contributed by atoms with Gasteiger partial charge in [-0.3, -0.25) is 4.90 Å². The molecule has 0 spiro atoms. The summed E-state index contributed by atoms with van der Waals surface area (Å²) in [7, 11) is 2.10. The predicted molar refractivity (Wildman–Crippen MR) is 155 cm³/mol. The second-order valence-corrected chi connectivity index (χ2v) is 10.9. The van der Waals surface area contributed by atoms with Gasteiger partial charge in [0.05, 0.1) is 27.9 Å². The number of pyridine rings is 1. The third-order valence-electron chi connectivity index (χ3n) is 8.19. The molecule has 0 saturated heterocycles. The Morgan fingerprint density at radius 3 is 2.37 bits per heavy atom. The fourth-order valence-electron chi connectivity index (χ4n) is 6.64. The molecule has 0 fully saturated rings. The molecule has 0 aliphatic carbocycles. The van der Waals surface area contributed by atoms with Crippen LogP contribution >= 0.6 is 0 Å². The molecule has 7 rings (SSSR count). The van der Waals surface area contributed by atoms with Crippen LogP contribution in [0.15, 0.2) is 77.2 Å². The number of furan rings is 1. The van der Waals surface area contributed by atoms with E-state index in [4.69, 9.17) is 14.4 Å². The molecule has 0 radical (unpaired) electrons. The van der Waals surface area contributed by atoms with Crippen LogP contribution in [0.1, 0.15) is 37.6 Å². The zero-order chi connectivity index (χ0) is 26.3. The largest absolute Gasteiger partial charge is 0.438 e. The van der Waals surface area contributed by atoms with Crippen molar-refractivity contribution in [2.75, 3.05) is 9.80 Å². The highest BCUT2D eigenvalue weighted by Gasteiger charge is 2.45. The molecule has 190 valence electrons. The van der Waals surface area contributed by atoms with E-state index in [1.54, 1.807) is 0 Å². The van der Waals surface area contributed by atoms with Crippen LogP contribution in [0, 0.1) is 13.8 Å². The first kappa shape index (κ1) is 22.8. The minimum Gasteiger partial charge on any atom is -0.438 e. The van der Waals surface area contributed by atoms with Gasteiger partial charge in [0.25, 0.3) is 0 Å². The van der Waals surface area contributed by atoms with Crippen molar-refractivity contribution < 1.29 is 4.42 Å². The number of hydrogen-bond donors (Lipinski definition) is 0. The molecule has 6 heteroatoms. The summed E-state index contributed by atoms with van der Waals surface area (Å²) in [6.07, 6.45) is 0.0195. The summed E-state index contributed by atoms with van der Waals surface area (Å²) >= 11 is 0. The molecule has 0 unspecified atom stereocenters. The smallest absolute Gasteiger partial charge is 0.227 e. The van der Waals surface area contributed by atoms with Crippen LogP contribution in [0.3, 0.4) is 0 Å². The van der Waals surface area contributed by atoms with E-state index in [2.05, 4.69) is 116 Å². The molecule has 6 aromatic rings. The standard InChI is InChI=1S/C32H31N5O/c1-19-15-18-27-28(22-17-16-20(2)33-30(22)38-27)29(19)32(4,5)37-21(3)36(25-13-9-10-14-26(25)37)31-34-23-11-7-8-12-24(23)35(31)6/h7-18,21H,1-6H3/t21-/m1/s1. The van der Waals surface area contributed by atoms with E-state index >= 15 is 0 Å². The number of rotatable bonds is 3. The molecule has 3 aromatic heterocycles. The molecule has 3 aromatic carbocycles. The SMILES string of the molecule is Cc1ccc2c(n1)oc1ccc(C)c(C(C)(C)N3c4ccccc4N(c4nc5ccccc5n4C)[C@H]3C)c12. The minimum absolute atomic E-state index is 0.0195. The molecule has 6 nitrogen and oxygen atoms in total. The van der Waals surface area contributed by atoms with Gasteiger partial charge in [-0.15, -0.1) is 0 Å². The van der Waals surface area contributed by atoms with E-state index in [0.717, 1.165) is 44.7 Å². The zero-order valence-electron chi connectivity index (χ0n) is 22.6. The molecular weight excluding hydrogens is 470 g/mol. The summed E-state index contributed by atoms with van der Waals surface area (Å²) in [6, 6.07) is 25.5. The number of nitrogens with zero attached hydrogens (tertiary/aromatic N) is 5. The Bertz CT molecular complexity index is 1880. The van der Waals surface area contributed by atoms with Gasteiger partial charge in [0.15, 0.2) is 0 Å².